The van der Waals surface area contributed by atoms with Crippen molar-refractivity contribution in [2.45, 2.75) is 46.7 Å². The maximum Gasteiger partial charge on any atom is 0.208 e. The Morgan fingerprint density at radius 1 is 1.50 bits per heavy atom. The van der Waals surface area contributed by atoms with Crippen molar-refractivity contribution >= 4 is 0 Å². The minimum absolute atomic E-state index is 0.469. The molecule has 1 fully saturated rings. The van der Waals surface area contributed by atoms with Crippen LogP contribution < -0.4 is 5.32 Å². The fourth-order valence-corrected chi connectivity index (χ4v) is 1.64. The van der Waals surface area contributed by atoms with E-state index in [1.807, 2.05) is 13.8 Å². The monoisotopic (exact) mass is 194 g/mol. The van der Waals surface area contributed by atoms with Crippen molar-refractivity contribution in [2.75, 3.05) is 0 Å². The number of nitrogens with one attached hydrogen (secondary N) is 1. The third-order valence-corrected chi connectivity index (χ3v) is 3.09. The molecule has 78 valence electrons. The molecule has 3 heteroatoms. The summed E-state index contributed by atoms with van der Waals surface area (Å²) in [6.07, 6.45) is 1.26. The zero-order valence-corrected chi connectivity index (χ0v) is 9.35. The van der Waals surface area contributed by atoms with Gasteiger partial charge in [0.05, 0.1) is 12.2 Å². The molecule has 0 aliphatic heterocycles. The number of rotatable bonds is 3. The van der Waals surface area contributed by atoms with Crippen LogP contribution in [-0.4, -0.2) is 11.0 Å². The first-order chi connectivity index (χ1) is 6.49. The van der Waals surface area contributed by atoms with Crippen LogP contribution in [0.15, 0.2) is 4.42 Å². The molecule has 14 heavy (non-hydrogen) atoms. The normalized spacial score (nSPS) is 23.9. The summed E-state index contributed by atoms with van der Waals surface area (Å²) >= 11 is 0. The molecule has 3 nitrogen and oxygen atoms in total. The van der Waals surface area contributed by atoms with E-state index in [-0.39, 0.29) is 0 Å². The third kappa shape index (κ3) is 1.82. The van der Waals surface area contributed by atoms with Gasteiger partial charge in [-0.25, -0.2) is 4.98 Å². The highest BCUT2D eigenvalue weighted by Crippen LogP contribution is 2.44. The summed E-state index contributed by atoms with van der Waals surface area (Å²) in [4.78, 5) is 4.33. The van der Waals surface area contributed by atoms with Crippen LogP contribution in [-0.2, 0) is 6.54 Å². The van der Waals surface area contributed by atoms with Crippen molar-refractivity contribution in [3.05, 3.63) is 17.3 Å². The van der Waals surface area contributed by atoms with Crippen LogP contribution >= 0.6 is 0 Å². The van der Waals surface area contributed by atoms with E-state index < -0.39 is 0 Å². The molecule has 0 saturated heterocycles. The predicted molar refractivity (Wildman–Crippen MR) is 55.0 cm³/mol. The second-order valence-corrected chi connectivity index (χ2v) is 4.88. The molecule has 1 aromatic rings. The highest BCUT2D eigenvalue weighted by Gasteiger charge is 2.45. The predicted octanol–water partition coefficient (Wildman–Crippen LogP) is 2.18. The summed E-state index contributed by atoms with van der Waals surface area (Å²) < 4.78 is 5.49. The first-order valence-electron chi connectivity index (χ1n) is 5.15. The van der Waals surface area contributed by atoms with Gasteiger partial charge >= 0.3 is 0 Å². The molecule has 1 aliphatic carbocycles. The fourth-order valence-electron chi connectivity index (χ4n) is 1.64. The van der Waals surface area contributed by atoms with Crippen LogP contribution in [0.2, 0.25) is 0 Å². The molecule has 1 aromatic heterocycles. The van der Waals surface area contributed by atoms with Crippen molar-refractivity contribution in [1.82, 2.24) is 10.3 Å². The lowest BCUT2D eigenvalue weighted by Crippen LogP contribution is -2.20. The Morgan fingerprint density at radius 3 is 2.57 bits per heavy atom. The summed E-state index contributed by atoms with van der Waals surface area (Å²) in [5, 5.41) is 3.45. The maximum absolute atomic E-state index is 5.49. The largest absolute Gasteiger partial charge is 0.444 e. The number of aromatic nitrogens is 1. The van der Waals surface area contributed by atoms with Gasteiger partial charge in [-0.3, -0.25) is 0 Å². The van der Waals surface area contributed by atoms with E-state index >= 15 is 0 Å². The lowest BCUT2D eigenvalue weighted by Gasteiger charge is -2.03. The molecule has 2 rings (SSSR count). The number of aryl methyl sites for hydroxylation is 2. The van der Waals surface area contributed by atoms with Gasteiger partial charge in [0.25, 0.3) is 0 Å². The smallest absolute Gasteiger partial charge is 0.208 e. The lowest BCUT2D eigenvalue weighted by molar-refractivity contribution is 0.435. The highest BCUT2D eigenvalue weighted by molar-refractivity contribution is 5.06. The minimum atomic E-state index is 0.469. The van der Waals surface area contributed by atoms with Crippen LogP contribution in [0, 0.1) is 19.3 Å². The van der Waals surface area contributed by atoms with E-state index in [1.54, 1.807) is 0 Å². The fraction of sp³-hybridized carbons (Fsp3) is 0.727. The van der Waals surface area contributed by atoms with Crippen molar-refractivity contribution < 1.29 is 4.42 Å². The SMILES string of the molecule is Cc1nc(CNC2CC2(C)C)oc1C. The Bertz CT molecular complexity index is 322. The topological polar surface area (TPSA) is 38.1 Å². The molecular formula is C11H18N2O. The minimum Gasteiger partial charge on any atom is -0.444 e. The molecule has 0 amide bonds. The van der Waals surface area contributed by atoms with Crippen molar-refractivity contribution in [2.24, 2.45) is 5.41 Å². The van der Waals surface area contributed by atoms with Gasteiger partial charge in [-0.1, -0.05) is 13.8 Å². The molecule has 1 heterocycles. The molecular weight excluding hydrogens is 176 g/mol. The van der Waals surface area contributed by atoms with Gasteiger partial charge in [-0.2, -0.15) is 0 Å². The molecule has 1 atom stereocenters. The van der Waals surface area contributed by atoms with Crippen molar-refractivity contribution in [3.63, 3.8) is 0 Å². The zero-order valence-electron chi connectivity index (χ0n) is 9.35. The zero-order chi connectivity index (χ0) is 10.3. The molecule has 0 bridgehead atoms. The first-order valence-corrected chi connectivity index (χ1v) is 5.15. The standard InChI is InChI=1S/C11H18N2O/c1-7-8(2)14-10(13-7)6-12-9-5-11(9,3)4/h9,12H,5-6H2,1-4H3. The quantitative estimate of drug-likeness (QED) is 0.801. The summed E-state index contributed by atoms with van der Waals surface area (Å²) in [5.74, 6) is 1.74. The summed E-state index contributed by atoms with van der Waals surface area (Å²) in [7, 11) is 0. The molecule has 1 unspecified atom stereocenters. The van der Waals surface area contributed by atoms with E-state index in [0.29, 0.717) is 11.5 Å². The van der Waals surface area contributed by atoms with E-state index in [0.717, 1.165) is 23.9 Å². The van der Waals surface area contributed by atoms with E-state index in [2.05, 4.69) is 24.1 Å². The van der Waals surface area contributed by atoms with Crippen LogP contribution in [0.25, 0.3) is 0 Å². The Kier molecular flexibility index (Phi) is 2.14. The lowest BCUT2D eigenvalue weighted by atomic mass is 10.2. The van der Waals surface area contributed by atoms with Gasteiger partial charge in [0.15, 0.2) is 0 Å². The molecule has 1 N–H and O–H groups in total. The number of hydrogen-bond acceptors (Lipinski definition) is 3. The Labute approximate surface area is 84.9 Å². The third-order valence-electron chi connectivity index (χ3n) is 3.09. The summed E-state index contributed by atoms with van der Waals surface area (Å²) in [5.41, 5.74) is 1.47. The first kappa shape index (κ1) is 9.71. The van der Waals surface area contributed by atoms with Gasteiger partial charge in [0.2, 0.25) is 5.89 Å². The van der Waals surface area contributed by atoms with Crippen molar-refractivity contribution in [3.8, 4) is 0 Å². The molecule has 1 aliphatic rings. The second kappa shape index (κ2) is 3.09. The Balaban J connectivity index is 1.87. The molecule has 0 radical (unpaired) electrons. The molecule has 0 spiro atoms. The second-order valence-electron chi connectivity index (χ2n) is 4.88. The molecule has 0 aromatic carbocycles. The Hall–Kier alpha value is -0.830. The van der Waals surface area contributed by atoms with E-state index in [9.17, 15) is 0 Å². The van der Waals surface area contributed by atoms with Gasteiger partial charge in [-0.05, 0) is 25.7 Å². The van der Waals surface area contributed by atoms with Crippen LogP contribution in [0.5, 0.6) is 0 Å². The van der Waals surface area contributed by atoms with E-state index in [1.165, 1.54) is 6.42 Å². The Morgan fingerprint density at radius 2 is 2.14 bits per heavy atom. The molecule has 1 saturated carbocycles. The van der Waals surface area contributed by atoms with Crippen molar-refractivity contribution in [1.29, 1.82) is 0 Å². The van der Waals surface area contributed by atoms with E-state index in [4.69, 9.17) is 4.42 Å². The van der Waals surface area contributed by atoms with Gasteiger partial charge in [0, 0.05) is 6.04 Å². The maximum atomic E-state index is 5.49. The van der Waals surface area contributed by atoms with Gasteiger partial charge in [-0.15, -0.1) is 0 Å². The number of nitrogens with zero attached hydrogens (tertiary/aromatic N) is 1. The number of oxazole rings is 1. The summed E-state index contributed by atoms with van der Waals surface area (Å²) in [6.45, 7) is 9.23. The highest BCUT2D eigenvalue weighted by atomic mass is 16.4. The average Bonchev–Trinajstić information content (AvgIpc) is 2.56. The average molecular weight is 194 g/mol. The summed E-state index contributed by atoms with van der Waals surface area (Å²) in [6, 6.07) is 0.634. The van der Waals surface area contributed by atoms with Crippen LogP contribution in [0.1, 0.15) is 37.6 Å². The number of hydrogen-bond donors (Lipinski definition) is 1. The van der Waals surface area contributed by atoms with Gasteiger partial charge < -0.3 is 9.73 Å². The van der Waals surface area contributed by atoms with Crippen LogP contribution in [0.4, 0.5) is 0 Å². The van der Waals surface area contributed by atoms with Gasteiger partial charge in [0.1, 0.15) is 5.76 Å². The van der Waals surface area contributed by atoms with Crippen LogP contribution in [0.3, 0.4) is 0 Å².